The Morgan fingerprint density at radius 1 is 0.967 bits per heavy atom. The zero-order valence-corrected chi connectivity index (χ0v) is 18.5. The lowest BCUT2D eigenvalue weighted by Gasteiger charge is -2.36. The predicted octanol–water partition coefficient (Wildman–Crippen LogP) is 6.42. The fraction of sp³-hybridized carbons (Fsp3) is 0.346. The van der Waals surface area contributed by atoms with E-state index in [1.165, 1.54) is 41.7 Å². The summed E-state index contributed by atoms with van der Waals surface area (Å²) in [7, 11) is 0. The molecule has 0 fully saturated rings. The van der Waals surface area contributed by atoms with Crippen LogP contribution in [-0.4, -0.2) is 17.5 Å². The summed E-state index contributed by atoms with van der Waals surface area (Å²) >= 11 is 1.95. The number of thiophene rings is 1. The van der Waals surface area contributed by atoms with Gasteiger partial charge in [0, 0.05) is 22.0 Å². The molecule has 3 aromatic rings. The maximum absolute atomic E-state index is 13.4. The second-order valence-electron chi connectivity index (χ2n) is 8.62. The zero-order valence-electron chi connectivity index (χ0n) is 17.7. The monoisotopic (exact) mass is 416 g/mol. The number of amides is 2. The summed E-state index contributed by atoms with van der Waals surface area (Å²) in [6.45, 7) is 4.89. The Morgan fingerprint density at radius 3 is 2.47 bits per heavy atom. The van der Waals surface area contributed by atoms with E-state index in [4.69, 9.17) is 0 Å². The molecule has 0 spiro atoms. The van der Waals surface area contributed by atoms with Gasteiger partial charge in [0.2, 0.25) is 0 Å². The van der Waals surface area contributed by atoms with E-state index in [-0.39, 0.29) is 12.1 Å². The number of nitrogens with zero attached hydrogens (tertiary/aromatic N) is 1. The number of carbonyl (C=O) groups is 1. The molecule has 3 nitrogen and oxygen atoms in total. The van der Waals surface area contributed by atoms with Crippen molar-refractivity contribution in [3.63, 3.8) is 0 Å². The lowest BCUT2D eigenvalue weighted by atomic mass is 9.88. The van der Waals surface area contributed by atoms with Gasteiger partial charge in [-0.2, -0.15) is 0 Å². The van der Waals surface area contributed by atoms with Crippen LogP contribution in [0.3, 0.4) is 0 Å². The largest absolute Gasteiger partial charge is 0.322 e. The zero-order chi connectivity index (χ0) is 20.7. The van der Waals surface area contributed by atoms with Gasteiger partial charge < -0.3 is 10.2 Å². The molecule has 4 heteroatoms. The smallest absolute Gasteiger partial charge is 0.312 e. The fourth-order valence-electron chi connectivity index (χ4n) is 5.08. The lowest BCUT2D eigenvalue weighted by Crippen LogP contribution is -2.42. The highest BCUT2D eigenvalue weighted by Gasteiger charge is 2.36. The molecular formula is C26H28N2OS. The molecular weight excluding hydrogens is 388 g/mol. The maximum Gasteiger partial charge on any atom is 0.322 e. The predicted molar refractivity (Wildman–Crippen MR) is 125 cm³/mol. The van der Waals surface area contributed by atoms with Crippen LogP contribution in [0.15, 0.2) is 48.5 Å². The van der Waals surface area contributed by atoms with Crippen LogP contribution in [0.25, 0.3) is 0 Å². The maximum atomic E-state index is 13.4. The normalized spacial score (nSPS) is 17.9. The molecule has 1 aliphatic carbocycles. The van der Waals surface area contributed by atoms with E-state index in [2.05, 4.69) is 49.5 Å². The van der Waals surface area contributed by atoms with Crippen molar-refractivity contribution in [3.8, 4) is 0 Å². The van der Waals surface area contributed by atoms with Crippen molar-refractivity contribution in [2.45, 2.75) is 52.0 Å². The molecule has 1 unspecified atom stereocenters. The standard InChI is InChI=1S/C26H28N2OS/c1-17-14-18(2)16-20(15-17)27-26(29)28-13-12-22-21-10-6-7-11-23(21)30-25(22)24(28)19-8-4-3-5-9-19/h3-5,8-9,14-16,24H,6-7,10-13H2,1-2H3,(H,27,29). The van der Waals surface area contributed by atoms with Crippen LogP contribution in [0.4, 0.5) is 10.5 Å². The van der Waals surface area contributed by atoms with Gasteiger partial charge >= 0.3 is 6.03 Å². The van der Waals surface area contributed by atoms with E-state index in [0.717, 1.165) is 29.8 Å². The fourth-order valence-corrected chi connectivity index (χ4v) is 6.66. The number of carbonyl (C=O) groups excluding carboxylic acids is 1. The first-order valence-corrected chi connectivity index (χ1v) is 11.8. The third-order valence-electron chi connectivity index (χ3n) is 6.32. The third kappa shape index (κ3) is 3.54. The van der Waals surface area contributed by atoms with E-state index in [0.29, 0.717) is 0 Å². The van der Waals surface area contributed by atoms with E-state index in [1.54, 1.807) is 10.4 Å². The van der Waals surface area contributed by atoms with Gasteiger partial charge in [-0.15, -0.1) is 11.3 Å². The molecule has 1 aromatic heterocycles. The van der Waals surface area contributed by atoms with Gasteiger partial charge in [0.15, 0.2) is 0 Å². The summed E-state index contributed by atoms with van der Waals surface area (Å²) in [6.07, 6.45) is 5.95. The highest BCUT2D eigenvalue weighted by atomic mass is 32.1. The van der Waals surface area contributed by atoms with Crippen LogP contribution in [0, 0.1) is 13.8 Å². The Bertz CT molecular complexity index is 1070. The van der Waals surface area contributed by atoms with Gasteiger partial charge in [-0.25, -0.2) is 4.79 Å². The lowest BCUT2D eigenvalue weighted by molar-refractivity contribution is 0.195. The van der Waals surface area contributed by atoms with Crippen LogP contribution in [-0.2, 0) is 19.3 Å². The number of benzene rings is 2. The minimum Gasteiger partial charge on any atom is -0.312 e. The molecule has 2 aliphatic rings. The minimum atomic E-state index is -0.00845. The van der Waals surface area contributed by atoms with Crippen molar-refractivity contribution in [1.82, 2.24) is 4.90 Å². The van der Waals surface area contributed by atoms with Crippen molar-refractivity contribution < 1.29 is 4.79 Å². The topological polar surface area (TPSA) is 32.3 Å². The first kappa shape index (κ1) is 19.4. The molecule has 1 atom stereocenters. The van der Waals surface area contributed by atoms with Gasteiger partial charge in [-0.05, 0) is 85.9 Å². The van der Waals surface area contributed by atoms with Gasteiger partial charge in [-0.1, -0.05) is 36.4 Å². The van der Waals surface area contributed by atoms with Gasteiger partial charge in [0.1, 0.15) is 0 Å². The first-order valence-electron chi connectivity index (χ1n) is 10.9. The van der Waals surface area contributed by atoms with Crippen molar-refractivity contribution in [2.24, 2.45) is 0 Å². The van der Waals surface area contributed by atoms with Gasteiger partial charge in [0.25, 0.3) is 0 Å². The summed E-state index contributed by atoms with van der Waals surface area (Å²) in [4.78, 5) is 18.4. The number of aryl methyl sites for hydroxylation is 3. The van der Waals surface area contributed by atoms with Crippen LogP contribution in [0.2, 0.25) is 0 Å². The molecule has 0 bridgehead atoms. The van der Waals surface area contributed by atoms with Crippen molar-refractivity contribution in [2.75, 3.05) is 11.9 Å². The summed E-state index contributed by atoms with van der Waals surface area (Å²) in [5.74, 6) is 0. The number of nitrogens with one attached hydrogen (secondary N) is 1. The van der Waals surface area contributed by atoms with Gasteiger partial charge in [0.05, 0.1) is 6.04 Å². The number of hydrogen-bond donors (Lipinski definition) is 1. The number of hydrogen-bond acceptors (Lipinski definition) is 2. The average Bonchev–Trinajstić information content (AvgIpc) is 3.11. The van der Waals surface area contributed by atoms with Crippen LogP contribution in [0.1, 0.15) is 56.5 Å². The van der Waals surface area contributed by atoms with Crippen LogP contribution >= 0.6 is 11.3 Å². The molecule has 1 N–H and O–H groups in total. The van der Waals surface area contributed by atoms with Crippen LogP contribution < -0.4 is 5.32 Å². The highest BCUT2D eigenvalue weighted by Crippen LogP contribution is 2.45. The highest BCUT2D eigenvalue weighted by molar-refractivity contribution is 7.12. The number of rotatable bonds is 2. The summed E-state index contributed by atoms with van der Waals surface area (Å²) < 4.78 is 0. The van der Waals surface area contributed by atoms with Crippen molar-refractivity contribution in [1.29, 1.82) is 0 Å². The molecule has 1 aliphatic heterocycles. The number of fused-ring (bicyclic) bond motifs is 3. The van der Waals surface area contributed by atoms with E-state index in [1.807, 2.05) is 34.4 Å². The SMILES string of the molecule is Cc1cc(C)cc(NC(=O)N2CCc3c(sc4c3CCCC4)C2c2ccccc2)c1. The van der Waals surface area contributed by atoms with Crippen LogP contribution in [0.5, 0.6) is 0 Å². The molecule has 0 saturated heterocycles. The Hall–Kier alpha value is -2.59. The molecule has 2 aromatic carbocycles. The molecule has 0 saturated carbocycles. The summed E-state index contributed by atoms with van der Waals surface area (Å²) in [5, 5.41) is 3.18. The molecule has 5 rings (SSSR count). The molecule has 154 valence electrons. The van der Waals surface area contributed by atoms with E-state index >= 15 is 0 Å². The molecule has 0 radical (unpaired) electrons. The Morgan fingerprint density at radius 2 is 1.70 bits per heavy atom. The molecule has 2 heterocycles. The Labute approximate surface area is 182 Å². The summed E-state index contributed by atoms with van der Waals surface area (Å²) in [5.41, 5.74) is 7.53. The number of urea groups is 1. The third-order valence-corrected chi connectivity index (χ3v) is 7.71. The second kappa shape index (κ2) is 7.92. The van der Waals surface area contributed by atoms with E-state index < -0.39 is 0 Å². The minimum absolute atomic E-state index is 0.00328. The van der Waals surface area contributed by atoms with E-state index in [9.17, 15) is 4.79 Å². The second-order valence-corrected chi connectivity index (χ2v) is 9.75. The van der Waals surface area contributed by atoms with Crippen molar-refractivity contribution >= 4 is 23.1 Å². The van der Waals surface area contributed by atoms with Gasteiger partial charge in [-0.3, -0.25) is 0 Å². The number of anilines is 1. The Kier molecular flexibility index (Phi) is 5.11. The molecule has 30 heavy (non-hydrogen) atoms. The Balaban J connectivity index is 1.52. The molecule has 2 amide bonds. The quantitative estimate of drug-likeness (QED) is 0.513. The van der Waals surface area contributed by atoms with Crippen molar-refractivity contribution in [3.05, 3.63) is 86.1 Å². The average molecular weight is 417 g/mol. The summed E-state index contributed by atoms with van der Waals surface area (Å²) in [6, 6.07) is 16.7. The first-order chi connectivity index (χ1) is 14.6.